The number of carbonyl (C=O) groups excluding carboxylic acids is 1. The van der Waals surface area contributed by atoms with Gasteiger partial charge in [0, 0.05) is 73.9 Å². The van der Waals surface area contributed by atoms with Crippen molar-refractivity contribution in [2.75, 3.05) is 56.1 Å². The molecule has 0 aliphatic carbocycles. The normalized spacial score (nSPS) is 14.2. The summed E-state index contributed by atoms with van der Waals surface area (Å²) in [6.45, 7) is 9.80. The summed E-state index contributed by atoms with van der Waals surface area (Å²) in [5, 5.41) is 2.05. The van der Waals surface area contributed by atoms with Gasteiger partial charge in [0.15, 0.2) is 5.78 Å². The molecule has 0 saturated carbocycles. The third kappa shape index (κ3) is 5.59. The van der Waals surface area contributed by atoms with E-state index in [0.717, 1.165) is 78.6 Å². The maximum absolute atomic E-state index is 13.2. The second-order valence-electron chi connectivity index (χ2n) is 9.47. The molecular weight excluding hydrogens is 462 g/mol. The average molecular weight is 496 g/mol. The van der Waals surface area contributed by atoms with E-state index >= 15 is 0 Å². The number of aromatic nitrogens is 4. The summed E-state index contributed by atoms with van der Waals surface area (Å²) in [5.74, 6) is 1.78. The number of pyridine rings is 2. The Kier molecular flexibility index (Phi) is 7.37. The topological polar surface area (TPSA) is 78.4 Å². The maximum Gasteiger partial charge on any atom is 0.169 e. The summed E-state index contributed by atoms with van der Waals surface area (Å²) >= 11 is 0. The summed E-state index contributed by atoms with van der Waals surface area (Å²) in [4.78, 5) is 38.2. The predicted molar refractivity (Wildman–Crippen MR) is 148 cm³/mol. The van der Waals surface area contributed by atoms with Crippen molar-refractivity contribution in [3.63, 3.8) is 0 Å². The van der Waals surface area contributed by atoms with Crippen LogP contribution in [0.5, 0.6) is 0 Å². The van der Waals surface area contributed by atoms with Gasteiger partial charge in [-0.3, -0.25) is 14.8 Å². The monoisotopic (exact) mass is 495 g/mol. The number of Topliss-reactive ketones (excluding diaryl/α,β-unsaturated/α-hetero) is 1. The molecule has 0 radical (unpaired) electrons. The van der Waals surface area contributed by atoms with Crippen LogP contribution in [0.1, 0.15) is 29.9 Å². The van der Waals surface area contributed by atoms with Gasteiger partial charge in [0.1, 0.15) is 11.6 Å². The Morgan fingerprint density at radius 3 is 2.51 bits per heavy atom. The molecule has 8 heteroatoms. The van der Waals surface area contributed by atoms with Crippen molar-refractivity contribution in [1.82, 2.24) is 24.8 Å². The lowest BCUT2D eigenvalue weighted by Gasteiger charge is -2.33. The first-order valence-electron chi connectivity index (χ1n) is 12.9. The van der Waals surface area contributed by atoms with E-state index in [1.54, 1.807) is 24.7 Å². The van der Waals surface area contributed by atoms with E-state index in [9.17, 15) is 4.79 Å². The smallest absolute Gasteiger partial charge is 0.169 e. The third-order valence-corrected chi connectivity index (χ3v) is 7.02. The van der Waals surface area contributed by atoms with Gasteiger partial charge in [0.25, 0.3) is 0 Å². The molecule has 0 unspecified atom stereocenters. The van der Waals surface area contributed by atoms with Crippen LogP contribution in [0.15, 0.2) is 61.2 Å². The van der Waals surface area contributed by atoms with Crippen LogP contribution < -0.4 is 9.80 Å². The molecule has 1 aliphatic rings. The summed E-state index contributed by atoms with van der Waals surface area (Å²) in [5.41, 5.74) is 3.23. The number of nitrogens with zero attached hydrogens (tertiary/aromatic N) is 7. The molecule has 1 fully saturated rings. The molecule has 0 spiro atoms. The van der Waals surface area contributed by atoms with Crippen molar-refractivity contribution in [2.45, 2.75) is 20.3 Å². The Morgan fingerprint density at radius 1 is 0.919 bits per heavy atom. The van der Waals surface area contributed by atoms with Crippen LogP contribution in [0.3, 0.4) is 0 Å². The zero-order valence-corrected chi connectivity index (χ0v) is 21.8. The first kappa shape index (κ1) is 24.8. The number of hydrogen-bond donors (Lipinski definition) is 0. The number of carbonyl (C=O) groups is 1. The van der Waals surface area contributed by atoms with E-state index in [4.69, 9.17) is 4.98 Å². The molecule has 0 atom stereocenters. The molecule has 5 rings (SSSR count). The number of likely N-dealkylation sites (N-methyl/N-ethyl adjacent to an activating group) is 1. The van der Waals surface area contributed by atoms with E-state index in [1.807, 2.05) is 30.5 Å². The largest absolute Gasteiger partial charge is 0.356 e. The molecule has 4 aromatic rings. The van der Waals surface area contributed by atoms with E-state index in [2.05, 4.69) is 56.6 Å². The molecule has 1 aliphatic heterocycles. The number of piperazine rings is 1. The summed E-state index contributed by atoms with van der Waals surface area (Å²) in [6.07, 6.45) is 7.40. The Bertz CT molecular complexity index is 1390. The number of anilines is 2. The minimum absolute atomic E-state index is 0.0403. The number of benzene rings is 1. The summed E-state index contributed by atoms with van der Waals surface area (Å²) in [7, 11) is 2.13. The van der Waals surface area contributed by atoms with Gasteiger partial charge in [-0.05, 0) is 50.5 Å². The molecule has 3 aromatic heterocycles. The van der Waals surface area contributed by atoms with Crippen molar-refractivity contribution in [2.24, 2.45) is 0 Å². The quantitative estimate of drug-likeness (QED) is 0.338. The minimum Gasteiger partial charge on any atom is -0.356 e. The molecular formula is C29H33N7O. The van der Waals surface area contributed by atoms with Crippen LogP contribution in [0.2, 0.25) is 0 Å². The second kappa shape index (κ2) is 11.0. The van der Waals surface area contributed by atoms with Crippen LogP contribution in [0, 0.1) is 0 Å². The maximum atomic E-state index is 13.2. The molecule has 1 aromatic carbocycles. The Morgan fingerprint density at radius 2 is 1.73 bits per heavy atom. The van der Waals surface area contributed by atoms with Gasteiger partial charge in [0.2, 0.25) is 0 Å². The van der Waals surface area contributed by atoms with Crippen LogP contribution in [0.4, 0.5) is 11.6 Å². The van der Waals surface area contributed by atoms with Crippen molar-refractivity contribution >= 4 is 28.2 Å². The zero-order valence-electron chi connectivity index (χ0n) is 21.8. The molecule has 4 heterocycles. The molecule has 0 N–H and O–H groups in total. The fourth-order valence-corrected chi connectivity index (χ4v) is 4.70. The van der Waals surface area contributed by atoms with Crippen LogP contribution in [-0.4, -0.2) is 76.9 Å². The number of ketones is 1. The highest BCUT2D eigenvalue weighted by molar-refractivity contribution is 5.98. The SMILES string of the molecule is CCN(CC)c1cncc(-c2ccc3cnc(CC(=O)c4ccnc(N5CCN(C)CC5)c4)cc3c2)n1. The Hall–Kier alpha value is -3.91. The Labute approximate surface area is 218 Å². The predicted octanol–water partition coefficient (Wildman–Crippen LogP) is 4.11. The van der Waals surface area contributed by atoms with E-state index in [0.29, 0.717) is 5.56 Å². The molecule has 8 nitrogen and oxygen atoms in total. The van der Waals surface area contributed by atoms with Crippen molar-refractivity contribution in [3.8, 4) is 11.3 Å². The second-order valence-corrected chi connectivity index (χ2v) is 9.47. The van der Waals surface area contributed by atoms with Crippen LogP contribution in [-0.2, 0) is 6.42 Å². The van der Waals surface area contributed by atoms with Gasteiger partial charge < -0.3 is 14.7 Å². The lowest BCUT2D eigenvalue weighted by atomic mass is 10.0. The molecule has 37 heavy (non-hydrogen) atoms. The molecule has 0 bridgehead atoms. The summed E-state index contributed by atoms with van der Waals surface area (Å²) in [6, 6.07) is 11.9. The van der Waals surface area contributed by atoms with Gasteiger partial charge in [0.05, 0.1) is 24.5 Å². The van der Waals surface area contributed by atoms with Crippen molar-refractivity contribution in [3.05, 3.63) is 72.4 Å². The van der Waals surface area contributed by atoms with E-state index in [1.165, 1.54) is 0 Å². The fraction of sp³-hybridized carbons (Fsp3) is 0.345. The van der Waals surface area contributed by atoms with Crippen molar-refractivity contribution < 1.29 is 4.79 Å². The van der Waals surface area contributed by atoms with Gasteiger partial charge in [-0.25, -0.2) is 9.97 Å². The van der Waals surface area contributed by atoms with E-state index < -0.39 is 0 Å². The van der Waals surface area contributed by atoms with Crippen LogP contribution >= 0.6 is 0 Å². The fourth-order valence-electron chi connectivity index (χ4n) is 4.70. The minimum atomic E-state index is 0.0403. The molecule has 190 valence electrons. The van der Waals surface area contributed by atoms with Gasteiger partial charge in [-0.1, -0.05) is 12.1 Å². The van der Waals surface area contributed by atoms with Gasteiger partial charge in [-0.15, -0.1) is 0 Å². The van der Waals surface area contributed by atoms with E-state index in [-0.39, 0.29) is 12.2 Å². The zero-order chi connectivity index (χ0) is 25.8. The van der Waals surface area contributed by atoms with Gasteiger partial charge >= 0.3 is 0 Å². The lowest BCUT2D eigenvalue weighted by Crippen LogP contribution is -2.44. The number of rotatable bonds is 8. The first-order valence-corrected chi connectivity index (χ1v) is 12.9. The third-order valence-electron chi connectivity index (χ3n) is 7.02. The number of fused-ring (bicyclic) bond motifs is 1. The highest BCUT2D eigenvalue weighted by Gasteiger charge is 2.17. The summed E-state index contributed by atoms with van der Waals surface area (Å²) < 4.78 is 0. The highest BCUT2D eigenvalue weighted by atomic mass is 16.1. The molecule has 0 amide bonds. The number of hydrogen-bond acceptors (Lipinski definition) is 8. The first-order chi connectivity index (χ1) is 18.0. The average Bonchev–Trinajstić information content (AvgIpc) is 2.94. The van der Waals surface area contributed by atoms with Gasteiger partial charge in [-0.2, -0.15) is 0 Å². The Balaban J connectivity index is 1.36. The molecule has 1 saturated heterocycles. The lowest BCUT2D eigenvalue weighted by molar-refractivity contribution is 0.0992. The highest BCUT2D eigenvalue weighted by Crippen LogP contribution is 2.25. The van der Waals surface area contributed by atoms with Crippen molar-refractivity contribution in [1.29, 1.82) is 0 Å². The standard InChI is InChI=1S/C29H33N7O/c1-4-35(5-2)29-20-30-19-26(33-29)21-6-7-23-18-32-25(15-24(23)14-21)17-27(37)22-8-9-31-28(16-22)36-12-10-34(3)11-13-36/h6-9,14-16,18-20H,4-5,10-13,17H2,1-3H3. The van der Waals surface area contributed by atoms with Crippen LogP contribution in [0.25, 0.3) is 22.0 Å².